The Labute approximate surface area is 162 Å². The molecule has 2 N–H and O–H groups in total. The number of amides is 1. The summed E-state index contributed by atoms with van der Waals surface area (Å²) in [7, 11) is 0. The standard InChI is InChI=1S/C21H22FNO5/c1-2-27-18-11-14(3-8-17(18)28-12-19(24)25)20(26)23-13-21(9-10-21)15-4-6-16(22)7-5-15/h3-8,11H,2,9-10,12-13H2,1H3,(H,23,26)(H,24,25). The first-order valence-electron chi connectivity index (χ1n) is 9.09. The van der Waals surface area contributed by atoms with Crippen LogP contribution in [0.3, 0.4) is 0 Å². The molecule has 0 unspecified atom stereocenters. The van der Waals surface area contributed by atoms with Crippen LogP contribution in [0.25, 0.3) is 0 Å². The van der Waals surface area contributed by atoms with E-state index in [-0.39, 0.29) is 22.9 Å². The van der Waals surface area contributed by atoms with Crippen molar-refractivity contribution >= 4 is 11.9 Å². The largest absolute Gasteiger partial charge is 0.490 e. The maximum atomic E-state index is 13.1. The quantitative estimate of drug-likeness (QED) is 0.691. The SMILES string of the molecule is CCOc1cc(C(=O)NCC2(c3ccc(F)cc3)CC2)ccc1OCC(=O)O. The van der Waals surface area contributed by atoms with E-state index in [4.69, 9.17) is 14.6 Å². The fraction of sp³-hybridized carbons (Fsp3) is 0.333. The molecule has 1 saturated carbocycles. The molecule has 0 aromatic heterocycles. The Balaban J connectivity index is 1.67. The van der Waals surface area contributed by atoms with Gasteiger partial charge in [0.25, 0.3) is 5.91 Å². The Kier molecular flexibility index (Phi) is 5.82. The second kappa shape index (κ2) is 8.29. The Morgan fingerprint density at radius 3 is 2.43 bits per heavy atom. The molecule has 28 heavy (non-hydrogen) atoms. The average Bonchev–Trinajstić information content (AvgIpc) is 3.47. The summed E-state index contributed by atoms with van der Waals surface area (Å²) in [5.41, 5.74) is 1.26. The molecule has 2 aromatic rings. The molecular formula is C21H22FNO5. The molecule has 0 aliphatic heterocycles. The van der Waals surface area contributed by atoms with Gasteiger partial charge in [0.2, 0.25) is 0 Å². The summed E-state index contributed by atoms with van der Waals surface area (Å²) >= 11 is 0. The predicted octanol–water partition coefficient (Wildman–Crippen LogP) is 3.15. The molecule has 2 aromatic carbocycles. The van der Waals surface area contributed by atoms with E-state index in [1.54, 1.807) is 25.1 Å². The molecule has 0 bridgehead atoms. The lowest BCUT2D eigenvalue weighted by Crippen LogP contribution is -2.32. The molecule has 1 fully saturated rings. The minimum absolute atomic E-state index is 0.142. The minimum Gasteiger partial charge on any atom is -0.490 e. The number of rotatable bonds is 9. The van der Waals surface area contributed by atoms with Crippen LogP contribution < -0.4 is 14.8 Å². The van der Waals surface area contributed by atoms with E-state index in [2.05, 4.69) is 5.32 Å². The molecule has 0 atom stereocenters. The monoisotopic (exact) mass is 387 g/mol. The zero-order chi connectivity index (χ0) is 20.1. The van der Waals surface area contributed by atoms with Crippen molar-refractivity contribution in [3.63, 3.8) is 0 Å². The van der Waals surface area contributed by atoms with Crippen LogP contribution in [-0.2, 0) is 10.2 Å². The van der Waals surface area contributed by atoms with Crippen molar-refractivity contribution in [3.8, 4) is 11.5 Å². The second-order valence-corrected chi connectivity index (χ2v) is 6.75. The number of carbonyl (C=O) groups excluding carboxylic acids is 1. The first kappa shape index (κ1) is 19.7. The van der Waals surface area contributed by atoms with Gasteiger partial charge in [-0.25, -0.2) is 9.18 Å². The van der Waals surface area contributed by atoms with Gasteiger partial charge in [-0.15, -0.1) is 0 Å². The Morgan fingerprint density at radius 1 is 1.11 bits per heavy atom. The number of carboxylic acid groups (broad SMARTS) is 1. The van der Waals surface area contributed by atoms with Gasteiger partial charge in [0.1, 0.15) is 5.82 Å². The number of aliphatic carboxylic acids is 1. The molecule has 0 heterocycles. The number of hydrogen-bond donors (Lipinski definition) is 2. The van der Waals surface area contributed by atoms with Crippen LogP contribution in [0.5, 0.6) is 11.5 Å². The molecule has 1 aliphatic rings. The minimum atomic E-state index is -1.10. The van der Waals surface area contributed by atoms with Crippen LogP contribution in [0.2, 0.25) is 0 Å². The average molecular weight is 387 g/mol. The fourth-order valence-electron chi connectivity index (χ4n) is 3.05. The van der Waals surface area contributed by atoms with E-state index in [1.807, 2.05) is 0 Å². The summed E-state index contributed by atoms with van der Waals surface area (Å²) in [6.07, 6.45) is 1.87. The number of halogens is 1. The third kappa shape index (κ3) is 4.60. The Morgan fingerprint density at radius 2 is 1.82 bits per heavy atom. The molecule has 1 amide bonds. The van der Waals surface area contributed by atoms with Crippen molar-refractivity contribution < 1.29 is 28.6 Å². The molecular weight excluding hydrogens is 365 g/mol. The maximum absolute atomic E-state index is 13.1. The summed E-state index contributed by atoms with van der Waals surface area (Å²) in [6.45, 7) is 2.10. The van der Waals surface area contributed by atoms with Crippen molar-refractivity contribution in [2.75, 3.05) is 19.8 Å². The molecule has 148 valence electrons. The molecule has 6 nitrogen and oxygen atoms in total. The van der Waals surface area contributed by atoms with Crippen LogP contribution in [0.15, 0.2) is 42.5 Å². The summed E-state index contributed by atoms with van der Waals surface area (Å²) in [5.74, 6) is -1.06. The molecule has 7 heteroatoms. The first-order valence-corrected chi connectivity index (χ1v) is 9.09. The smallest absolute Gasteiger partial charge is 0.341 e. The second-order valence-electron chi connectivity index (χ2n) is 6.75. The van der Waals surface area contributed by atoms with Crippen molar-refractivity contribution in [2.45, 2.75) is 25.2 Å². The summed E-state index contributed by atoms with van der Waals surface area (Å²) in [5, 5.41) is 11.7. The van der Waals surface area contributed by atoms with Gasteiger partial charge in [0.15, 0.2) is 18.1 Å². The number of carboxylic acids is 1. The van der Waals surface area contributed by atoms with Gasteiger partial charge in [-0.2, -0.15) is 0 Å². The van der Waals surface area contributed by atoms with Gasteiger partial charge >= 0.3 is 5.97 Å². The van der Waals surface area contributed by atoms with Gasteiger partial charge < -0.3 is 19.9 Å². The van der Waals surface area contributed by atoms with E-state index in [0.717, 1.165) is 18.4 Å². The molecule has 0 spiro atoms. The first-order chi connectivity index (χ1) is 13.4. The van der Waals surface area contributed by atoms with Crippen molar-refractivity contribution in [2.24, 2.45) is 0 Å². The lowest BCUT2D eigenvalue weighted by atomic mass is 9.96. The highest BCUT2D eigenvalue weighted by molar-refractivity contribution is 5.95. The van der Waals surface area contributed by atoms with Gasteiger partial charge in [-0.05, 0) is 55.7 Å². The lowest BCUT2D eigenvalue weighted by molar-refractivity contribution is -0.139. The van der Waals surface area contributed by atoms with E-state index < -0.39 is 12.6 Å². The van der Waals surface area contributed by atoms with Crippen LogP contribution in [-0.4, -0.2) is 36.7 Å². The highest BCUT2D eigenvalue weighted by Crippen LogP contribution is 2.47. The van der Waals surface area contributed by atoms with Gasteiger partial charge in [0, 0.05) is 17.5 Å². The van der Waals surface area contributed by atoms with Gasteiger partial charge in [-0.3, -0.25) is 4.79 Å². The van der Waals surface area contributed by atoms with Crippen molar-refractivity contribution in [3.05, 3.63) is 59.4 Å². The summed E-state index contributed by atoms with van der Waals surface area (Å²) in [4.78, 5) is 23.3. The topological polar surface area (TPSA) is 84.9 Å². The van der Waals surface area contributed by atoms with E-state index in [9.17, 15) is 14.0 Å². The molecule has 1 aliphatic carbocycles. The summed E-state index contributed by atoms with van der Waals surface area (Å²) < 4.78 is 23.8. The normalized spacial score (nSPS) is 14.2. The van der Waals surface area contributed by atoms with E-state index in [0.29, 0.717) is 24.5 Å². The highest BCUT2D eigenvalue weighted by Gasteiger charge is 2.44. The number of ether oxygens (including phenoxy) is 2. The molecule has 0 radical (unpaired) electrons. The lowest BCUT2D eigenvalue weighted by Gasteiger charge is -2.17. The summed E-state index contributed by atoms with van der Waals surface area (Å²) in [6, 6.07) is 11.0. The number of nitrogens with one attached hydrogen (secondary N) is 1. The highest BCUT2D eigenvalue weighted by atomic mass is 19.1. The predicted molar refractivity (Wildman–Crippen MR) is 100 cm³/mol. The third-order valence-electron chi connectivity index (χ3n) is 4.75. The van der Waals surface area contributed by atoms with Crippen LogP contribution in [0.1, 0.15) is 35.7 Å². The zero-order valence-corrected chi connectivity index (χ0v) is 15.5. The molecule has 0 saturated heterocycles. The van der Waals surface area contributed by atoms with Gasteiger partial charge in [0.05, 0.1) is 6.61 Å². The number of carbonyl (C=O) groups is 2. The van der Waals surface area contributed by atoms with Crippen LogP contribution >= 0.6 is 0 Å². The Hall–Kier alpha value is -3.09. The number of hydrogen-bond acceptors (Lipinski definition) is 4. The van der Waals surface area contributed by atoms with Gasteiger partial charge in [-0.1, -0.05) is 12.1 Å². The van der Waals surface area contributed by atoms with Crippen LogP contribution in [0.4, 0.5) is 4.39 Å². The van der Waals surface area contributed by atoms with E-state index in [1.165, 1.54) is 24.3 Å². The third-order valence-corrected chi connectivity index (χ3v) is 4.75. The van der Waals surface area contributed by atoms with Crippen LogP contribution in [0, 0.1) is 5.82 Å². The fourth-order valence-corrected chi connectivity index (χ4v) is 3.05. The number of benzene rings is 2. The Bertz CT molecular complexity index is 862. The van der Waals surface area contributed by atoms with Crippen molar-refractivity contribution in [1.82, 2.24) is 5.32 Å². The zero-order valence-electron chi connectivity index (χ0n) is 15.5. The maximum Gasteiger partial charge on any atom is 0.341 e. The van der Waals surface area contributed by atoms with Crippen molar-refractivity contribution in [1.29, 1.82) is 0 Å². The van der Waals surface area contributed by atoms with E-state index >= 15 is 0 Å². The molecule has 3 rings (SSSR count).